The highest BCUT2D eigenvalue weighted by molar-refractivity contribution is 5.85. The first-order valence-electron chi connectivity index (χ1n) is 8.70. The van der Waals surface area contributed by atoms with Crippen molar-refractivity contribution >= 4 is 17.5 Å². The Morgan fingerprint density at radius 2 is 1.81 bits per heavy atom. The van der Waals surface area contributed by atoms with Crippen LogP contribution in [0, 0.1) is 11.3 Å². The van der Waals surface area contributed by atoms with Gasteiger partial charge in [0.25, 0.3) is 11.8 Å². The van der Waals surface area contributed by atoms with E-state index < -0.39 is 5.91 Å². The van der Waals surface area contributed by atoms with Gasteiger partial charge in [0.05, 0.1) is 12.1 Å². The third-order valence-electron chi connectivity index (χ3n) is 4.25. The predicted molar refractivity (Wildman–Crippen MR) is 99.9 cm³/mol. The third kappa shape index (κ3) is 4.76. The van der Waals surface area contributed by atoms with E-state index in [1.54, 1.807) is 24.3 Å². The van der Waals surface area contributed by atoms with Gasteiger partial charge >= 0.3 is 0 Å². The number of nitrogens with one attached hydrogen (secondary N) is 2. The summed E-state index contributed by atoms with van der Waals surface area (Å²) in [5.41, 5.74) is 7.36. The molecule has 2 N–H and O–H groups in total. The normalized spacial score (nSPS) is 12.5. The summed E-state index contributed by atoms with van der Waals surface area (Å²) in [6, 6.07) is 16.6. The first kappa shape index (κ1) is 18.3. The van der Waals surface area contributed by atoms with Gasteiger partial charge in [0.15, 0.2) is 6.61 Å². The molecule has 2 aromatic carbocycles. The van der Waals surface area contributed by atoms with Crippen molar-refractivity contribution in [2.75, 3.05) is 24.6 Å². The van der Waals surface area contributed by atoms with Gasteiger partial charge in [0, 0.05) is 12.2 Å². The molecule has 7 nitrogen and oxygen atoms in total. The quantitative estimate of drug-likeness (QED) is 0.785. The van der Waals surface area contributed by atoms with Gasteiger partial charge in [0.2, 0.25) is 0 Å². The summed E-state index contributed by atoms with van der Waals surface area (Å²) in [7, 11) is 0. The highest BCUT2D eigenvalue weighted by Crippen LogP contribution is 2.26. The molecule has 7 heteroatoms. The Hall–Kier alpha value is -3.53. The summed E-state index contributed by atoms with van der Waals surface area (Å²) in [6.45, 7) is 0.660. The molecule has 2 aromatic rings. The Bertz CT molecular complexity index is 876. The molecule has 0 atom stereocenters. The standard InChI is InChI=1S/C20H20N4O3/c21-12-16-7-2-4-10-18(16)27-14-20(26)23-22-19(25)13-24-11-5-8-15-6-1-3-9-17(15)24/h1-4,6-7,9-10H,5,8,11,13-14H2,(H,22,25)(H,23,26). The van der Waals surface area contributed by atoms with Crippen LogP contribution in [0.1, 0.15) is 17.5 Å². The molecule has 0 saturated heterocycles. The zero-order valence-corrected chi connectivity index (χ0v) is 14.8. The van der Waals surface area contributed by atoms with E-state index in [-0.39, 0.29) is 19.1 Å². The van der Waals surface area contributed by atoms with Crippen LogP contribution in [0.4, 0.5) is 5.69 Å². The average Bonchev–Trinajstić information content (AvgIpc) is 2.71. The van der Waals surface area contributed by atoms with Crippen LogP contribution in [0.3, 0.4) is 0 Å². The topological polar surface area (TPSA) is 94.5 Å². The van der Waals surface area contributed by atoms with Gasteiger partial charge in [-0.2, -0.15) is 5.26 Å². The monoisotopic (exact) mass is 364 g/mol. The van der Waals surface area contributed by atoms with Crippen LogP contribution in [0.2, 0.25) is 0 Å². The van der Waals surface area contributed by atoms with Gasteiger partial charge in [-0.25, -0.2) is 0 Å². The van der Waals surface area contributed by atoms with Crippen LogP contribution in [-0.4, -0.2) is 31.5 Å². The lowest BCUT2D eigenvalue weighted by Gasteiger charge is -2.30. The smallest absolute Gasteiger partial charge is 0.276 e. The molecule has 0 fully saturated rings. The Kier molecular flexibility index (Phi) is 5.90. The fourth-order valence-electron chi connectivity index (χ4n) is 2.99. The molecular formula is C20H20N4O3. The highest BCUT2D eigenvalue weighted by atomic mass is 16.5. The summed E-state index contributed by atoms with van der Waals surface area (Å²) in [6.07, 6.45) is 2.00. The number of carbonyl (C=O) groups is 2. The molecule has 1 heterocycles. The van der Waals surface area contributed by atoms with Crippen LogP contribution in [0.25, 0.3) is 0 Å². The van der Waals surface area contributed by atoms with Crippen LogP contribution in [0.15, 0.2) is 48.5 Å². The number of benzene rings is 2. The van der Waals surface area contributed by atoms with Gasteiger partial charge in [-0.1, -0.05) is 30.3 Å². The minimum absolute atomic E-state index is 0.162. The van der Waals surface area contributed by atoms with Crippen molar-refractivity contribution in [3.8, 4) is 11.8 Å². The van der Waals surface area contributed by atoms with E-state index in [1.165, 1.54) is 5.56 Å². The molecular weight excluding hydrogens is 344 g/mol. The zero-order chi connectivity index (χ0) is 19.1. The number of hydrazine groups is 1. The molecule has 0 spiro atoms. The molecule has 0 saturated carbocycles. The van der Waals surface area contributed by atoms with E-state index in [2.05, 4.69) is 16.9 Å². The van der Waals surface area contributed by atoms with E-state index in [4.69, 9.17) is 10.00 Å². The Morgan fingerprint density at radius 3 is 2.67 bits per heavy atom. The Labute approximate surface area is 157 Å². The number of rotatable bonds is 5. The second kappa shape index (κ2) is 8.72. The Morgan fingerprint density at radius 1 is 1.07 bits per heavy atom. The van der Waals surface area contributed by atoms with Gasteiger partial charge < -0.3 is 9.64 Å². The van der Waals surface area contributed by atoms with Gasteiger partial charge in [-0.05, 0) is 36.6 Å². The molecule has 0 aromatic heterocycles. The molecule has 1 aliphatic rings. The third-order valence-corrected chi connectivity index (χ3v) is 4.25. The number of para-hydroxylation sites is 2. The average molecular weight is 364 g/mol. The molecule has 27 heavy (non-hydrogen) atoms. The second-order valence-corrected chi connectivity index (χ2v) is 6.15. The molecule has 2 amide bonds. The van der Waals surface area contributed by atoms with E-state index in [0.29, 0.717) is 11.3 Å². The number of aryl methyl sites for hydroxylation is 1. The number of nitriles is 1. The van der Waals surface area contributed by atoms with Crippen molar-refractivity contribution in [1.29, 1.82) is 5.26 Å². The van der Waals surface area contributed by atoms with Crippen molar-refractivity contribution in [3.63, 3.8) is 0 Å². The van der Waals surface area contributed by atoms with Crippen molar-refractivity contribution in [2.24, 2.45) is 0 Å². The van der Waals surface area contributed by atoms with E-state index in [9.17, 15) is 9.59 Å². The lowest BCUT2D eigenvalue weighted by atomic mass is 10.0. The molecule has 138 valence electrons. The second-order valence-electron chi connectivity index (χ2n) is 6.15. The molecule has 0 bridgehead atoms. The SMILES string of the molecule is N#Cc1ccccc1OCC(=O)NNC(=O)CN1CCCc2ccccc21. The zero-order valence-electron chi connectivity index (χ0n) is 14.8. The minimum Gasteiger partial charge on any atom is -0.482 e. The fraction of sp³-hybridized carbons (Fsp3) is 0.250. The lowest BCUT2D eigenvalue weighted by Crippen LogP contribution is -2.48. The number of fused-ring (bicyclic) bond motifs is 1. The van der Waals surface area contributed by atoms with E-state index in [0.717, 1.165) is 25.1 Å². The van der Waals surface area contributed by atoms with Crippen molar-refractivity contribution < 1.29 is 14.3 Å². The van der Waals surface area contributed by atoms with E-state index >= 15 is 0 Å². The summed E-state index contributed by atoms with van der Waals surface area (Å²) in [4.78, 5) is 26.0. The number of nitrogens with zero attached hydrogens (tertiary/aromatic N) is 2. The molecule has 0 unspecified atom stereocenters. The maximum Gasteiger partial charge on any atom is 0.276 e. The van der Waals surface area contributed by atoms with Crippen LogP contribution < -0.4 is 20.5 Å². The highest BCUT2D eigenvalue weighted by Gasteiger charge is 2.18. The summed E-state index contributed by atoms with van der Waals surface area (Å²) in [5, 5.41) is 8.99. The number of hydrogen-bond acceptors (Lipinski definition) is 5. The summed E-state index contributed by atoms with van der Waals surface area (Å²) >= 11 is 0. The summed E-state index contributed by atoms with van der Waals surface area (Å²) in [5.74, 6) is -0.487. The number of ether oxygens (including phenoxy) is 1. The number of carbonyl (C=O) groups excluding carboxylic acids is 2. The molecule has 3 rings (SSSR count). The van der Waals surface area contributed by atoms with Crippen molar-refractivity contribution in [1.82, 2.24) is 10.9 Å². The van der Waals surface area contributed by atoms with Crippen molar-refractivity contribution in [2.45, 2.75) is 12.8 Å². The van der Waals surface area contributed by atoms with Gasteiger partial charge in [0.1, 0.15) is 11.8 Å². The van der Waals surface area contributed by atoms with Crippen LogP contribution in [0.5, 0.6) is 5.75 Å². The summed E-state index contributed by atoms with van der Waals surface area (Å²) < 4.78 is 5.32. The first-order chi connectivity index (χ1) is 13.2. The number of amides is 2. The van der Waals surface area contributed by atoms with Crippen molar-refractivity contribution in [3.05, 3.63) is 59.7 Å². The van der Waals surface area contributed by atoms with Crippen LogP contribution in [-0.2, 0) is 16.0 Å². The van der Waals surface area contributed by atoms with Gasteiger partial charge in [-0.15, -0.1) is 0 Å². The van der Waals surface area contributed by atoms with Crippen LogP contribution >= 0.6 is 0 Å². The largest absolute Gasteiger partial charge is 0.482 e. The molecule has 1 aliphatic heterocycles. The van der Waals surface area contributed by atoms with Gasteiger partial charge in [-0.3, -0.25) is 20.4 Å². The first-order valence-corrected chi connectivity index (χ1v) is 8.70. The minimum atomic E-state index is -0.505. The Balaban J connectivity index is 1.46. The number of anilines is 1. The predicted octanol–water partition coefficient (Wildman–Crippen LogP) is 1.54. The number of hydrogen-bond donors (Lipinski definition) is 2. The fourth-order valence-corrected chi connectivity index (χ4v) is 2.99. The molecule has 0 radical (unpaired) electrons. The maximum absolute atomic E-state index is 12.1. The maximum atomic E-state index is 12.1. The van der Waals surface area contributed by atoms with E-state index in [1.807, 2.05) is 29.2 Å². The molecule has 0 aliphatic carbocycles. The lowest BCUT2D eigenvalue weighted by molar-refractivity contribution is -0.129.